The molecule has 3 rings (SSSR count). The van der Waals surface area contributed by atoms with Crippen LogP contribution in [0.5, 0.6) is 0 Å². The highest BCUT2D eigenvalue weighted by atomic mass is 79.9. The van der Waals surface area contributed by atoms with Gasteiger partial charge in [0.15, 0.2) is 0 Å². The van der Waals surface area contributed by atoms with Crippen molar-refractivity contribution in [2.45, 2.75) is 37.6 Å². The van der Waals surface area contributed by atoms with Gasteiger partial charge in [0, 0.05) is 15.8 Å². The lowest BCUT2D eigenvalue weighted by molar-refractivity contribution is 0.434. The molecule has 1 N–H and O–H groups in total. The molecule has 1 aromatic rings. The minimum absolute atomic E-state index is 0.186. The summed E-state index contributed by atoms with van der Waals surface area (Å²) in [6, 6.07) is 7.03. The van der Waals surface area contributed by atoms with Crippen LogP contribution in [-0.2, 0) is 5.54 Å². The summed E-state index contributed by atoms with van der Waals surface area (Å²) in [6.45, 7) is 3.47. The van der Waals surface area contributed by atoms with Crippen molar-refractivity contribution in [2.24, 2.45) is 0 Å². The van der Waals surface area contributed by atoms with E-state index < -0.39 is 0 Å². The van der Waals surface area contributed by atoms with E-state index in [9.17, 15) is 0 Å². The normalized spacial score (nSPS) is 32.0. The molecule has 0 aliphatic carbocycles. The third kappa shape index (κ3) is 2.37. The summed E-state index contributed by atoms with van der Waals surface area (Å²) in [5.41, 5.74) is 3.12. The molecule has 2 saturated heterocycles. The smallest absolute Gasteiger partial charge is 0.0406 e. The minimum Gasteiger partial charge on any atom is -0.308 e. The largest absolute Gasteiger partial charge is 0.308 e. The van der Waals surface area contributed by atoms with Crippen molar-refractivity contribution in [3.63, 3.8) is 0 Å². The number of hydrogen-bond acceptors (Lipinski definition) is 2. The van der Waals surface area contributed by atoms with Crippen LogP contribution in [0.15, 0.2) is 22.7 Å². The Morgan fingerprint density at radius 2 is 2.33 bits per heavy atom. The van der Waals surface area contributed by atoms with Crippen LogP contribution in [0.4, 0.5) is 0 Å². The number of rotatable bonds is 2. The third-order valence-electron chi connectivity index (χ3n) is 4.38. The first-order valence-corrected chi connectivity index (χ1v) is 8.76. The van der Waals surface area contributed by atoms with Crippen LogP contribution in [0.1, 0.15) is 43.2 Å². The van der Waals surface area contributed by atoms with Crippen molar-refractivity contribution in [1.82, 2.24) is 5.32 Å². The number of nitrogens with one attached hydrogen (secondary N) is 1. The van der Waals surface area contributed by atoms with Crippen molar-refractivity contribution in [2.75, 3.05) is 18.1 Å². The van der Waals surface area contributed by atoms with Crippen LogP contribution in [0.2, 0.25) is 0 Å². The molecule has 2 unspecified atom stereocenters. The zero-order valence-corrected chi connectivity index (χ0v) is 13.2. The van der Waals surface area contributed by atoms with Crippen LogP contribution in [0.3, 0.4) is 0 Å². The molecule has 2 heterocycles. The first-order chi connectivity index (χ1) is 8.69. The lowest BCUT2D eigenvalue weighted by atomic mass is 9.88. The number of hydrogen-bond donors (Lipinski definition) is 1. The van der Waals surface area contributed by atoms with Gasteiger partial charge >= 0.3 is 0 Å². The highest BCUT2D eigenvalue weighted by molar-refractivity contribution is 9.10. The zero-order valence-electron chi connectivity index (χ0n) is 10.8. The quantitative estimate of drug-likeness (QED) is 0.871. The van der Waals surface area contributed by atoms with Gasteiger partial charge in [0.05, 0.1) is 0 Å². The fraction of sp³-hybridized carbons (Fsp3) is 0.600. The molecule has 0 saturated carbocycles. The zero-order chi connectivity index (χ0) is 12.6. The van der Waals surface area contributed by atoms with Gasteiger partial charge in [0.2, 0.25) is 0 Å². The third-order valence-corrected chi connectivity index (χ3v) is 6.23. The summed E-state index contributed by atoms with van der Waals surface area (Å²) in [6.07, 6.45) is 3.87. The van der Waals surface area contributed by atoms with E-state index in [4.69, 9.17) is 0 Å². The molecular weight excluding hydrogens is 306 g/mol. The summed E-state index contributed by atoms with van der Waals surface area (Å²) >= 11 is 5.87. The first-order valence-electron chi connectivity index (χ1n) is 6.82. The van der Waals surface area contributed by atoms with Crippen molar-refractivity contribution in [3.05, 3.63) is 33.8 Å². The predicted molar refractivity (Wildman–Crippen MR) is 83.4 cm³/mol. The maximum absolute atomic E-state index is 3.79. The second-order valence-electron chi connectivity index (χ2n) is 5.66. The molecule has 1 nitrogen and oxygen atoms in total. The van der Waals surface area contributed by atoms with Gasteiger partial charge in [-0.25, -0.2) is 0 Å². The van der Waals surface area contributed by atoms with Crippen LogP contribution in [0, 0.1) is 0 Å². The average Bonchev–Trinajstić information content (AvgIpc) is 3.00. The Hall–Kier alpha value is 0.01000. The van der Waals surface area contributed by atoms with Gasteiger partial charge < -0.3 is 5.32 Å². The van der Waals surface area contributed by atoms with Gasteiger partial charge in [-0.1, -0.05) is 28.1 Å². The Bertz CT molecular complexity index is 434. The second kappa shape index (κ2) is 5.18. The molecule has 98 valence electrons. The Kier molecular flexibility index (Phi) is 3.75. The molecule has 2 fully saturated rings. The van der Waals surface area contributed by atoms with E-state index in [2.05, 4.69) is 58.1 Å². The van der Waals surface area contributed by atoms with Gasteiger partial charge in [-0.2, -0.15) is 11.8 Å². The number of benzene rings is 1. The van der Waals surface area contributed by atoms with E-state index >= 15 is 0 Å². The number of thioether (sulfide) groups is 1. The van der Waals surface area contributed by atoms with Crippen molar-refractivity contribution in [3.8, 4) is 0 Å². The summed E-state index contributed by atoms with van der Waals surface area (Å²) in [5, 5.41) is 3.64. The molecule has 0 radical (unpaired) electrons. The maximum atomic E-state index is 3.79. The Balaban J connectivity index is 1.88. The summed E-state index contributed by atoms with van der Waals surface area (Å²) in [5.74, 6) is 3.36. The molecule has 0 bridgehead atoms. The van der Waals surface area contributed by atoms with Crippen molar-refractivity contribution >= 4 is 27.7 Å². The standard InChI is InChI=1S/C15H20BrNS/c1-15(6-2-7-17-15)12-3-4-13(14(16)9-12)11-5-8-18-10-11/h3-4,9,11,17H,2,5-8,10H2,1H3. The molecular formula is C15H20BrNS. The van der Waals surface area contributed by atoms with E-state index in [1.54, 1.807) is 0 Å². The van der Waals surface area contributed by atoms with Gasteiger partial charge in [0.25, 0.3) is 0 Å². The van der Waals surface area contributed by atoms with Gasteiger partial charge in [-0.15, -0.1) is 0 Å². The molecule has 2 atom stereocenters. The summed E-state index contributed by atoms with van der Waals surface area (Å²) in [7, 11) is 0. The van der Waals surface area contributed by atoms with E-state index in [1.807, 2.05) is 0 Å². The van der Waals surface area contributed by atoms with Crippen LogP contribution in [-0.4, -0.2) is 18.1 Å². The van der Waals surface area contributed by atoms with Crippen LogP contribution < -0.4 is 5.32 Å². The highest BCUT2D eigenvalue weighted by Gasteiger charge is 2.30. The van der Waals surface area contributed by atoms with Gasteiger partial charge in [-0.3, -0.25) is 0 Å². The molecule has 18 heavy (non-hydrogen) atoms. The SMILES string of the molecule is CC1(c2ccc(C3CCSC3)c(Br)c2)CCCN1. The minimum atomic E-state index is 0.186. The average molecular weight is 326 g/mol. The fourth-order valence-corrected chi connectivity index (χ4v) is 5.07. The van der Waals surface area contributed by atoms with E-state index in [0.29, 0.717) is 0 Å². The molecule has 2 aliphatic heterocycles. The van der Waals surface area contributed by atoms with Crippen LogP contribution in [0.25, 0.3) is 0 Å². The monoisotopic (exact) mass is 325 g/mol. The van der Waals surface area contributed by atoms with E-state index in [-0.39, 0.29) is 5.54 Å². The summed E-state index contributed by atoms with van der Waals surface area (Å²) < 4.78 is 1.31. The lowest BCUT2D eigenvalue weighted by Crippen LogP contribution is -2.33. The Labute approximate surface area is 122 Å². The van der Waals surface area contributed by atoms with Gasteiger partial charge in [-0.05, 0) is 61.6 Å². The number of halogens is 1. The van der Waals surface area contributed by atoms with E-state index in [0.717, 1.165) is 12.5 Å². The van der Waals surface area contributed by atoms with Crippen LogP contribution >= 0.6 is 27.7 Å². The first kappa shape index (κ1) is 13.0. The van der Waals surface area contributed by atoms with Crippen molar-refractivity contribution in [1.29, 1.82) is 0 Å². The lowest BCUT2D eigenvalue weighted by Gasteiger charge is -2.26. The molecule has 0 spiro atoms. The Morgan fingerprint density at radius 3 is 2.94 bits per heavy atom. The molecule has 3 heteroatoms. The molecule has 0 amide bonds. The van der Waals surface area contributed by atoms with Crippen molar-refractivity contribution < 1.29 is 0 Å². The Morgan fingerprint density at radius 1 is 1.44 bits per heavy atom. The fourth-order valence-electron chi connectivity index (χ4n) is 3.12. The highest BCUT2D eigenvalue weighted by Crippen LogP contribution is 2.39. The predicted octanol–water partition coefficient (Wildman–Crippen LogP) is 4.27. The molecule has 0 aromatic heterocycles. The maximum Gasteiger partial charge on any atom is 0.0406 e. The summed E-state index contributed by atoms with van der Waals surface area (Å²) in [4.78, 5) is 0. The van der Waals surface area contributed by atoms with Gasteiger partial charge in [0.1, 0.15) is 0 Å². The topological polar surface area (TPSA) is 12.0 Å². The second-order valence-corrected chi connectivity index (χ2v) is 7.66. The molecule has 2 aliphatic rings. The van der Waals surface area contributed by atoms with E-state index in [1.165, 1.54) is 46.4 Å². The molecule has 1 aromatic carbocycles.